The highest BCUT2D eigenvalue weighted by Crippen LogP contribution is 2.27. The van der Waals surface area contributed by atoms with Crippen molar-refractivity contribution in [2.45, 2.75) is 38.7 Å². The van der Waals surface area contributed by atoms with Crippen LogP contribution in [-0.4, -0.2) is 29.4 Å². The minimum atomic E-state index is -0.503. The molecule has 0 unspecified atom stereocenters. The van der Waals surface area contributed by atoms with Gasteiger partial charge in [-0.15, -0.1) is 0 Å². The molecule has 11 nitrogen and oxygen atoms in total. The molecule has 1 aromatic carbocycles. The van der Waals surface area contributed by atoms with E-state index in [9.17, 15) is 9.59 Å². The molecule has 0 amide bonds. The molecule has 29 heavy (non-hydrogen) atoms. The van der Waals surface area contributed by atoms with Crippen LogP contribution in [0.4, 0.5) is 5.69 Å². The summed E-state index contributed by atoms with van der Waals surface area (Å²) >= 11 is 0. The summed E-state index contributed by atoms with van der Waals surface area (Å²) < 4.78 is 12.4. The third-order valence-corrected chi connectivity index (χ3v) is 4.45. The molecule has 0 aliphatic carbocycles. The molecule has 1 saturated heterocycles. The van der Waals surface area contributed by atoms with Gasteiger partial charge >= 0.3 is 5.69 Å². The van der Waals surface area contributed by atoms with E-state index in [-0.39, 0.29) is 19.3 Å². The summed E-state index contributed by atoms with van der Waals surface area (Å²) in [5.41, 5.74) is 9.23. The second kappa shape index (κ2) is 9.39. The molecule has 0 bridgehead atoms. The highest BCUT2D eigenvalue weighted by Gasteiger charge is 2.28. The number of methoxy groups -OCH3 is 1. The molecule has 1 aromatic heterocycles. The van der Waals surface area contributed by atoms with Gasteiger partial charge in [0.05, 0.1) is 13.2 Å². The maximum absolute atomic E-state index is 12.0. The van der Waals surface area contributed by atoms with Gasteiger partial charge in [0.2, 0.25) is 0 Å². The van der Waals surface area contributed by atoms with Gasteiger partial charge in [-0.1, -0.05) is 5.11 Å². The zero-order valence-electron chi connectivity index (χ0n) is 16.0. The normalized spacial score (nSPS) is 18.4. The molecule has 2 heterocycles. The van der Waals surface area contributed by atoms with Crippen LogP contribution in [0.5, 0.6) is 5.75 Å². The summed E-state index contributed by atoms with van der Waals surface area (Å²) in [5, 5.41) is 3.56. The predicted molar refractivity (Wildman–Crippen MR) is 102 cm³/mol. The van der Waals surface area contributed by atoms with Gasteiger partial charge in [0.15, 0.2) is 0 Å². The quantitative estimate of drug-likeness (QED) is 0.179. The van der Waals surface area contributed by atoms with Crippen LogP contribution in [0.2, 0.25) is 0 Å². The van der Waals surface area contributed by atoms with Gasteiger partial charge in [-0.25, -0.2) is 14.6 Å². The van der Waals surface area contributed by atoms with E-state index in [1.165, 1.54) is 17.9 Å². The first-order valence-electron chi connectivity index (χ1n) is 8.95. The van der Waals surface area contributed by atoms with Crippen LogP contribution in [0.1, 0.15) is 30.2 Å². The minimum absolute atomic E-state index is 0.125. The lowest BCUT2D eigenvalue weighted by Crippen LogP contribution is -2.33. The highest BCUT2D eigenvalue weighted by atomic mass is 17.2. The number of aryl methyl sites for hydroxylation is 1. The van der Waals surface area contributed by atoms with Crippen LogP contribution in [0, 0.1) is 6.92 Å². The average molecular weight is 403 g/mol. The summed E-state index contributed by atoms with van der Waals surface area (Å²) in [4.78, 5) is 38.9. The van der Waals surface area contributed by atoms with E-state index in [0.717, 1.165) is 0 Å². The Labute approximate surface area is 165 Å². The fourth-order valence-corrected chi connectivity index (χ4v) is 3.00. The number of rotatable bonds is 8. The van der Waals surface area contributed by atoms with Crippen LogP contribution in [0.3, 0.4) is 0 Å². The van der Waals surface area contributed by atoms with E-state index in [4.69, 9.17) is 24.8 Å². The largest absolute Gasteiger partial charge is 0.497 e. The summed E-state index contributed by atoms with van der Waals surface area (Å²) in [7, 11) is 1.51. The Morgan fingerprint density at radius 3 is 2.90 bits per heavy atom. The molecule has 1 fully saturated rings. The van der Waals surface area contributed by atoms with Crippen molar-refractivity contribution in [3.05, 3.63) is 66.8 Å². The van der Waals surface area contributed by atoms with Gasteiger partial charge < -0.3 is 9.47 Å². The maximum Gasteiger partial charge on any atom is 0.330 e. The van der Waals surface area contributed by atoms with Crippen molar-refractivity contribution in [1.82, 2.24) is 9.55 Å². The van der Waals surface area contributed by atoms with Crippen molar-refractivity contribution in [1.29, 1.82) is 0 Å². The molecule has 2 atom stereocenters. The van der Waals surface area contributed by atoms with Crippen molar-refractivity contribution in [3.63, 3.8) is 0 Å². The fraction of sp³-hybridized carbons (Fsp3) is 0.444. The Kier molecular flexibility index (Phi) is 6.68. The Morgan fingerprint density at radius 2 is 2.14 bits per heavy atom. The molecule has 1 N–H and O–H groups in total. The molecule has 1 aliphatic heterocycles. The van der Waals surface area contributed by atoms with Crippen molar-refractivity contribution in [3.8, 4) is 5.75 Å². The van der Waals surface area contributed by atoms with Crippen LogP contribution < -0.4 is 16.0 Å². The van der Waals surface area contributed by atoms with Gasteiger partial charge in [-0.05, 0) is 49.1 Å². The lowest BCUT2D eigenvalue weighted by Gasteiger charge is -2.16. The first-order valence-corrected chi connectivity index (χ1v) is 8.95. The van der Waals surface area contributed by atoms with Crippen molar-refractivity contribution >= 4 is 5.69 Å². The topological polar surface area (TPSA) is 141 Å². The number of aromatic nitrogens is 2. The maximum atomic E-state index is 12.0. The Hall–Kier alpha value is -3.11. The van der Waals surface area contributed by atoms with Crippen molar-refractivity contribution in [2.75, 3.05) is 13.7 Å². The zero-order valence-corrected chi connectivity index (χ0v) is 16.0. The zero-order chi connectivity index (χ0) is 20.8. The Balaban J connectivity index is 1.51. The number of nitrogens with one attached hydrogen (secondary N) is 1. The molecular weight excluding hydrogens is 382 g/mol. The fourth-order valence-electron chi connectivity index (χ4n) is 3.00. The predicted octanol–water partition coefficient (Wildman–Crippen LogP) is 2.62. The summed E-state index contributed by atoms with van der Waals surface area (Å²) in [6.07, 6.45) is 2.08. The third kappa shape index (κ3) is 5.24. The highest BCUT2D eigenvalue weighted by molar-refractivity contribution is 5.46. The molecule has 0 saturated carbocycles. The molecular formula is C18H21N5O6. The number of H-pyrrole nitrogens is 1. The number of ether oxygens (including phenoxy) is 2. The Morgan fingerprint density at radius 1 is 1.31 bits per heavy atom. The number of benzene rings is 1. The summed E-state index contributed by atoms with van der Waals surface area (Å²) in [5.74, 6) is 0.539. The summed E-state index contributed by atoms with van der Waals surface area (Å²) in [6, 6.07) is 5.02. The monoisotopic (exact) mass is 403 g/mol. The van der Waals surface area contributed by atoms with Crippen LogP contribution in [0.15, 0.2) is 39.1 Å². The number of hydrogen-bond acceptors (Lipinski definition) is 7. The van der Waals surface area contributed by atoms with E-state index >= 15 is 0 Å². The van der Waals surface area contributed by atoms with Gasteiger partial charge in [0.25, 0.3) is 5.56 Å². The number of nitrogens with zero attached hydrogens (tertiary/aromatic N) is 4. The first kappa shape index (κ1) is 20.6. The molecule has 11 heteroatoms. The van der Waals surface area contributed by atoms with Crippen LogP contribution in [0.25, 0.3) is 10.4 Å². The lowest BCUT2D eigenvalue weighted by molar-refractivity contribution is -0.315. The standard InChI is InChI=1S/C18H21N5O6/c1-11-8-23(18(25)20-17(11)24)16-4-3-14(29-16)10-28-27-9-12-5-13(21-22-19)7-15(6-12)26-2/h5-8,14,16H,3-4,9-10H2,1-2H3,(H,20,24,25)/t14-,16+/m0/s1. The van der Waals surface area contributed by atoms with Crippen molar-refractivity contribution in [2.24, 2.45) is 5.11 Å². The van der Waals surface area contributed by atoms with Gasteiger partial charge in [-0.2, -0.15) is 0 Å². The third-order valence-electron chi connectivity index (χ3n) is 4.45. The molecule has 2 aromatic rings. The van der Waals surface area contributed by atoms with E-state index in [1.54, 1.807) is 25.1 Å². The number of aromatic amines is 1. The first-order chi connectivity index (χ1) is 14.0. The van der Waals surface area contributed by atoms with Gasteiger partial charge in [0, 0.05) is 22.4 Å². The van der Waals surface area contributed by atoms with Crippen molar-refractivity contribution < 1.29 is 19.2 Å². The number of hydrogen-bond donors (Lipinski definition) is 1. The SMILES string of the molecule is COc1cc(COOC[C@@H]2CC[C@H](n3cc(C)c(=O)[nH]c3=O)O2)cc(N=[N+]=[N-])c1. The smallest absolute Gasteiger partial charge is 0.330 e. The molecule has 3 rings (SSSR count). The van der Waals surface area contributed by atoms with E-state index < -0.39 is 17.5 Å². The lowest BCUT2D eigenvalue weighted by atomic mass is 10.2. The molecule has 1 aliphatic rings. The second-order valence-corrected chi connectivity index (χ2v) is 6.54. The molecule has 0 spiro atoms. The summed E-state index contributed by atoms with van der Waals surface area (Å²) in [6.45, 7) is 1.94. The van der Waals surface area contributed by atoms with E-state index in [0.29, 0.717) is 35.4 Å². The van der Waals surface area contributed by atoms with Crippen LogP contribution >= 0.6 is 0 Å². The van der Waals surface area contributed by atoms with Gasteiger partial charge in [0.1, 0.15) is 25.2 Å². The van der Waals surface area contributed by atoms with E-state index in [2.05, 4.69) is 15.0 Å². The average Bonchev–Trinajstić information content (AvgIpc) is 3.17. The number of azide groups is 1. The van der Waals surface area contributed by atoms with Gasteiger partial charge in [-0.3, -0.25) is 14.3 Å². The molecule has 154 valence electrons. The molecule has 0 radical (unpaired) electrons. The Bertz CT molecular complexity index is 1030. The van der Waals surface area contributed by atoms with Crippen LogP contribution in [-0.2, 0) is 21.1 Å². The minimum Gasteiger partial charge on any atom is -0.497 e. The van der Waals surface area contributed by atoms with E-state index in [1.807, 2.05) is 0 Å². The second-order valence-electron chi connectivity index (χ2n) is 6.54.